The fourth-order valence-electron chi connectivity index (χ4n) is 3.53. The summed E-state index contributed by atoms with van der Waals surface area (Å²) in [5.41, 5.74) is 3.17. The third-order valence-electron chi connectivity index (χ3n) is 5.12. The van der Waals surface area contributed by atoms with Crippen LogP contribution >= 0.6 is 0 Å². The van der Waals surface area contributed by atoms with Crippen LogP contribution in [0.15, 0.2) is 36.4 Å². The van der Waals surface area contributed by atoms with E-state index in [0.29, 0.717) is 5.92 Å². The van der Waals surface area contributed by atoms with E-state index in [9.17, 15) is 13.2 Å². The van der Waals surface area contributed by atoms with E-state index >= 15 is 0 Å². The molecule has 6 heteroatoms. The van der Waals surface area contributed by atoms with Crippen molar-refractivity contribution in [1.82, 2.24) is 4.98 Å². The number of pyridine rings is 1. The second-order valence-electron chi connectivity index (χ2n) is 7.17. The lowest BCUT2D eigenvalue weighted by molar-refractivity contribution is 0.146. The van der Waals surface area contributed by atoms with Gasteiger partial charge in [0.15, 0.2) is 0 Å². The Bertz CT molecular complexity index is 1030. The molecule has 0 bridgehead atoms. The van der Waals surface area contributed by atoms with Crippen LogP contribution in [0.1, 0.15) is 47.6 Å². The van der Waals surface area contributed by atoms with Crippen LogP contribution in [0.25, 0.3) is 10.9 Å². The fourth-order valence-corrected chi connectivity index (χ4v) is 3.53. The molecule has 1 aromatic heterocycles. The van der Waals surface area contributed by atoms with Crippen molar-refractivity contribution >= 4 is 16.6 Å². The van der Waals surface area contributed by atoms with E-state index in [-0.39, 0.29) is 12.1 Å². The Hall–Kier alpha value is -2.76. The number of aromatic nitrogens is 1. The highest BCUT2D eigenvalue weighted by Crippen LogP contribution is 2.46. The number of hydrogen-bond acceptors (Lipinski definition) is 3. The molecule has 0 unspecified atom stereocenters. The molecule has 0 radical (unpaired) electrons. The molecule has 1 aliphatic carbocycles. The second-order valence-corrected chi connectivity index (χ2v) is 7.17. The third kappa shape index (κ3) is 3.51. The van der Waals surface area contributed by atoms with E-state index in [0.717, 1.165) is 52.5 Å². The van der Waals surface area contributed by atoms with Gasteiger partial charge in [-0.25, -0.2) is 13.2 Å². The highest BCUT2D eigenvalue weighted by molar-refractivity contribution is 5.93. The molecule has 1 N–H and O–H groups in total. The van der Waals surface area contributed by atoms with Gasteiger partial charge < -0.3 is 10.1 Å². The molecular formula is C22H21F3N2O. The fraction of sp³-hybridized carbons (Fsp3) is 0.318. The molecule has 0 atom stereocenters. The average Bonchev–Trinajstić information content (AvgIpc) is 3.50. The highest BCUT2D eigenvalue weighted by atomic mass is 19.3. The van der Waals surface area contributed by atoms with Crippen molar-refractivity contribution in [2.45, 2.75) is 38.7 Å². The van der Waals surface area contributed by atoms with Crippen molar-refractivity contribution in [3.63, 3.8) is 0 Å². The van der Waals surface area contributed by atoms with E-state index in [1.165, 1.54) is 12.1 Å². The number of fused-ring (bicyclic) bond motifs is 1. The Kier molecular flexibility index (Phi) is 4.87. The summed E-state index contributed by atoms with van der Waals surface area (Å²) in [6, 6.07) is 9.98. The van der Waals surface area contributed by atoms with Gasteiger partial charge in [-0.15, -0.1) is 0 Å². The molecule has 2 aromatic carbocycles. The number of ether oxygens (including phenoxy) is 1. The molecule has 0 amide bonds. The Morgan fingerprint density at radius 1 is 1.21 bits per heavy atom. The van der Waals surface area contributed by atoms with Crippen LogP contribution in [-0.2, 0) is 6.54 Å². The van der Waals surface area contributed by atoms with Gasteiger partial charge in [0, 0.05) is 34.9 Å². The van der Waals surface area contributed by atoms with Gasteiger partial charge in [0.2, 0.25) is 0 Å². The molecule has 28 heavy (non-hydrogen) atoms. The number of alkyl halides is 2. The van der Waals surface area contributed by atoms with Crippen molar-refractivity contribution in [2.24, 2.45) is 0 Å². The summed E-state index contributed by atoms with van der Waals surface area (Å²) in [6.07, 6.45) is -0.567. The summed E-state index contributed by atoms with van der Waals surface area (Å²) < 4.78 is 45.8. The van der Waals surface area contributed by atoms with Crippen LogP contribution in [0.5, 0.6) is 5.75 Å². The van der Waals surface area contributed by atoms with Crippen molar-refractivity contribution in [3.8, 4) is 5.75 Å². The molecule has 1 saturated carbocycles. The zero-order chi connectivity index (χ0) is 19.8. The molecule has 3 aromatic rings. The lowest BCUT2D eigenvalue weighted by Gasteiger charge is -2.15. The maximum absolute atomic E-state index is 14.3. The Balaban J connectivity index is 1.71. The first kappa shape index (κ1) is 18.6. The molecule has 3 nitrogen and oxygen atoms in total. The van der Waals surface area contributed by atoms with Gasteiger partial charge in [-0.3, -0.25) is 4.98 Å². The Labute approximate surface area is 161 Å². The summed E-state index contributed by atoms with van der Waals surface area (Å²) in [4.78, 5) is 4.58. The molecule has 1 fully saturated rings. The summed E-state index contributed by atoms with van der Waals surface area (Å²) in [6.45, 7) is 1.99. The molecule has 1 aliphatic rings. The topological polar surface area (TPSA) is 34.1 Å². The van der Waals surface area contributed by atoms with Crippen LogP contribution in [0.2, 0.25) is 0 Å². The third-order valence-corrected chi connectivity index (χ3v) is 5.12. The van der Waals surface area contributed by atoms with Crippen LogP contribution in [-0.4, -0.2) is 12.1 Å². The largest absolute Gasteiger partial charge is 0.496 e. The number of hydrogen-bond donors (Lipinski definition) is 1. The molecule has 4 rings (SSSR count). The molecule has 146 valence electrons. The first-order chi connectivity index (χ1) is 13.5. The number of nitrogens with zero attached hydrogens (tertiary/aromatic N) is 1. The van der Waals surface area contributed by atoms with E-state index in [4.69, 9.17) is 4.74 Å². The van der Waals surface area contributed by atoms with Crippen LogP contribution in [0.4, 0.5) is 18.9 Å². The summed E-state index contributed by atoms with van der Waals surface area (Å²) in [5.74, 6) is 0.462. The maximum atomic E-state index is 14.3. The van der Waals surface area contributed by atoms with Gasteiger partial charge in [0.1, 0.15) is 11.6 Å². The lowest BCUT2D eigenvalue weighted by atomic mass is 10.0. The van der Waals surface area contributed by atoms with Crippen LogP contribution in [0.3, 0.4) is 0 Å². The minimum atomic E-state index is -2.84. The maximum Gasteiger partial charge on any atom is 0.266 e. The number of rotatable bonds is 6. The average molecular weight is 386 g/mol. The summed E-state index contributed by atoms with van der Waals surface area (Å²) in [5, 5.41) is 4.13. The van der Waals surface area contributed by atoms with Gasteiger partial charge >= 0.3 is 0 Å². The van der Waals surface area contributed by atoms with Crippen molar-refractivity contribution in [3.05, 3.63) is 64.6 Å². The Morgan fingerprint density at radius 2 is 2.00 bits per heavy atom. The van der Waals surface area contributed by atoms with E-state index < -0.39 is 17.8 Å². The minimum absolute atomic E-state index is 0.107. The van der Waals surface area contributed by atoms with Crippen LogP contribution < -0.4 is 10.1 Å². The number of anilines is 1. The van der Waals surface area contributed by atoms with Crippen molar-refractivity contribution in [2.75, 3.05) is 12.4 Å². The minimum Gasteiger partial charge on any atom is -0.496 e. The van der Waals surface area contributed by atoms with Gasteiger partial charge in [-0.05, 0) is 43.4 Å². The molecule has 0 aliphatic heterocycles. The number of nitrogens with one attached hydrogen (secondary N) is 1. The molecule has 0 saturated heterocycles. The monoisotopic (exact) mass is 386 g/mol. The predicted molar refractivity (Wildman–Crippen MR) is 104 cm³/mol. The number of methoxy groups -OCH3 is 1. The van der Waals surface area contributed by atoms with Gasteiger partial charge in [-0.2, -0.15) is 0 Å². The SMILES string of the molecule is COc1cc2nc(C)cc(NCc3cccc(C(F)F)c3F)c2cc1C1CC1. The van der Waals surface area contributed by atoms with E-state index in [1.54, 1.807) is 7.11 Å². The first-order valence-electron chi connectivity index (χ1n) is 9.26. The van der Waals surface area contributed by atoms with Gasteiger partial charge in [0.25, 0.3) is 6.43 Å². The van der Waals surface area contributed by atoms with E-state index in [1.807, 2.05) is 19.1 Å². The smallest absolute Gasteiger partial charge is 0.266 e. The second kappa shape index (κ2) is 7.34. The normalized spacial score (nSPS) is 13.9. The van der Waals surface area contributed by atoms with Gasteiger partial charge in [0.05, 0.1) is 18.2 Å². The number of halogens is 3. The van der Waals surface area contributed by atoms with E-state index in [2.05, 4.69) is 16.4 Å². The Morgan fingerprint density at radius 3 is 2.68 bits per heavy atom. The molecular weight excluding hydrogens is 365 g/mol. The molecule has 1 heterocycles. The van der Waals surface area contributed by atoms with Crippen molar-refractivity contribution < 1.29 is 17.9 Å². The standard InChI is InChI=1S/C22H21F3N2O/c1-12-8-18(26-11-14-4-3-5-15(21(14)23)22(24)25)17-9-16(13-6-7-13)20(28-2)10-19(17)27-12/h3-5,8-10,13,22H,6-7,11H2,1-2H3,(H,26,27). The predicted octanol–water partition coefficient (Wildman–Crippen LogP) is 6.12. The summed E-state index contributed by atoms with van der Waals surface area (Å²) >= 11 is 0. The van der Waals surface area contributed by atoms with Crippen molar-refractivity contribution in [1.29, 1.82) is 0 Å². The zero-order valence-electron chi connectivity index (χ0n) is 15.7. The van der Waals surface area contributed by atoms with Gasteiger partial charge in [-0.1, -0.05) is 18.2 Å². The zero-order valence-corrected chi connectivity index (χ0v) is 15.7. The lowest BCUT2D eigenvalue weighted by Crippen LogP contribution is -2.06. The highest BCUT2D eigenvalue weighted by Gasteiger charge is 2.27. The number of benzene rings is 2. The summed E-state index contributed by atoms with van der Waals surface area (Å²) in [7, 11) is 1.65. The molecule has 0 spiro atoms. The number of aryl methyl sites for hydroxylation is 1. The van der Waals surface area contributed by atoms with Crippen LogP contribution in [0, 0.1) is 12.7 Å². The first-order valence-corrected chi connectivity index (χ1v) is 9.26. The quantitative estimate of drug-likeness (QED) is 0.554.